The van der Waals surface area contributed by atoms with Crippen molar-refractivity contribution in [2.24, 2.45) is 0 Å². The second kappa shape index (κ2) is 9.79. The van der Waals surface area contributed by atoms with E-state index in [1.165, 1.54) is 12.1 Å². The first-order valence-electron chi connectivity index (χ1n) is 11.6. The summed E-state index contributed by atoms with van der Waals surface area (Å²) < 4.78 is 19.3. The van der Waals surface area contributed by atoms with Crippen LogP contribution in [0.25, 0.3) is 11.1 Å². The van der Waals surface area contributed by atoms with E-state index in [0.29, 0.717) is 28.6 Å². The monoisotopic (exact) mass is 461 g/mol. The van der Waals surface area contributed by atoms with E-state index in [2.05, 4.69) is 25.5 Å². The van der Waals surface area contributed by atoms with Crippen LogP contribution in [0.4, 0.5) is 15.8 Å². The normalized spacial score (nSPS) is 18.0. The lowest BCUT2D eigenvalue weighted by Gasteiger charge is -2.32. The number of nitrogens with one attached hydrogen (secondary N) is 3. The maximum Gasteiger partial charge on any atom is 0.257 e. The molecule has 3 N–H and O–H groups in total. The molecule has 1 amide bonds. The highest BCUT2D eigenvalue weighted by molar-refractivity contribution is 6.38. The molecule has 2 aromatic carbocycles. The Kier molecular flexibility index (Phi) is 6.42. The van der Waals surface area contributed by atoms with Gasteiger partial charge in [-0.2, -0.15) is 0 Å². The Morgan fingerprint density at radius 2 is 2.09 bits per heavy atom. The maximum atomic E-state index is 14.1. The number of likely N-dealkylation sites (tertiary alicyclic amines) is 1. The van der Waals surface area contributed by atoms with Gasteiger partial charge < -0.3 is 25.3 Å². The number of ether oxygens (including phenoxy) is 1. The Balaban J connectivity index is 1.46. The molecule has 0 radical (unpaired) electrons. The number of imidazole rings is 1. The van der Waals surface area contributed by atoms with Crippen LogP contribution in [0, 0.1) is 5.82 Å². The maximum absolute atomic E-state index is 14.1. The van der Waals surface area contributed by atoms with Crippen LogP contribution >= 0.6 is 0 Å². The van der Waals surface area contributed by atoms with Crippen LogP contribution in [-0.4, -0.2) is 60.2 Å². The molecule has 8 heteroatoms. The highest BCUT2D eigenvalue weighted by Gasteiger charge is 2.30. The van der Waals surface area contributed by atoms with Crippen molar-refractivity contribution >= 4 is 28.4 Å². The minimum Gasteiger partial charge on any atom is -0.383 e. The molecule has 1 aromatic heterocycles. The van der Waals surface area contributed by atoms with E-state index in [4.69, 9.17) is 4.74 Å². The number of hydrogen-bond acceptors (Lipinski definition) is 5. The van der Waals surface area contributed by atoms with Gasteiger partial charge in [0.15, 0.2) is 0 Å². The Morgan fingerprint density at radius 1 is 1.24 bits per heavy atom. The smallest absolute Gasteiger partial charge is 0.257 e. The van der Waals surface area contributed by atoms with Crippen molar-refractivity contribution in [1.29, 1.82) is 0 Å². The number of hydrogen-bond donors (Lipinski definition) is 3. The summed E-state index contributed by atoms with van der Waals surface area (Å²) in [6, 6.07) is 12.5. The van der Waals surface area contributed by atoms with Gasteiger partial charge in [-0.15, -0.1) is 0 Å². The predicted molar refractivity (Wildman–Crippen MR) is 131 cm³/mol. The molecule has 3 aromatic rings. The van der Waals surface area contributed by atoms with Crippen molar-refractivity contribution in [2.45, 2.75) is 18.9 Å². The number of benzene rings is 2. The predicted octanol–water partition coefficient (Wildman–Crippen LogP) is 3.98. The van der Waals surface area contributed by atoms with Gasteiger partial charge in [0.25, 0.3) is 5.91 Å². The molecule has 1 fully saturated rings. The molecule has 176 valence electrons. The molecule has 0 aliphatic carbocycles. The van der Waals surface area contributed by atoms with E-state index in [1.54, 1.807) is 31.6 Å². The summed E-state index contributed by atoms with van der Waals surface area (Å²) in [5, 5.41) is 6.59. The molecule has 34 heavy (non-hydrogen) atoms. The number of rotatable bonds is 7. The average molecular weight is 462 g/mol. The number of carbonyl (C=O) groups excluding carboxylic acids is 1. The first-order chi connectivity index (χ1) is 16.6. The van der Waals surface area contributed by atoms with Crippen LogP contribution in [-0.2, 0) is 9.53 Å². The summed E-state index contributed by atoms with van der Waals surface area (Å²) in [5.41, 5.74) is 4.12. The summed E-state index contributed by atoms with van der Waals surface area (Å²) in [4.78, 5) is 23.0. The van der Waals surface area contributed by atoms with E-state index in [0.717, 1.165) is 56.0 Å². The summed E-state index contributed by atoms with van der Waals surface area (Å²) in [7, 11) is 1.73. The first-order valence-corrected chi connectivity index (χ1v) is 11.6. The molecule has 3 heterocycles. The van der Waals surface area contributed by atoms with Gasteiger partial charge in [0.1, 0.15) is 11.6 Å². The number of halogens is 1. The molecule has 0 atom stereocenters. The lowest BCUT2D eigenvalue weighted by atomic mass is 9.94. The molecule has 0 spiro atoms. The van der Waals surface area contributed by atoms with Crippen LogP contribution in [0.2, 0.25) is 0 Å². The van der Waals surface area contributed by atoms with Crippen molar-refractivity contribution < 1.29 is 13.9 Å². The van der Waals surface area contributed by atoms with E-state index in [-0.39, 0.29) is 11.7 Å². The summed E-state index contributed by atoms with van der Waals surface area (Å²) in [6.45, 7) is 3.76. The fourth-order valence-corrected chi connectivity index (χ4v) is 4.71. The SMILES string of the molecule is COCCN1CCC(Nc2ccc3c(c2)C(=C(c2cccc(F)c2)c2ncc[nH]2)C(=O)N3)CC1. The Morgan fingerprint density at radius 3 is 2.82 bits per heavy atom. The number of carbonyl (C=O) groups is 1. The number of aromatic amines is 1. The molecule has 0 bridgehead atoms. The van der Waals surface area contributed by atoms with Crippen molar-refractivity contribution in [3.8, 4) is 0 Å². The Bertz CT molecular complexity index is 1200. The fraction of sp³-hybridized carbons (Fsp3) is 0.308. The first kappa shape index (κ1) is 22.3. The number of H-pyrrole nitrogens is 1. The number of aromatic nitrogens is 2. The fourth-order valence-electron chi connectivity index (χ4n) is 4.71. The second-order valence-corrected chi connectivity index (χ2v) is 8.67. The van der Waals surface area contributed by atoms with Crippen molar-refractivity contribution in [1.82, 2.24) is 14.9 Å². The number of piperidine rings is 1. The molecule has 0 unspecified atom stereocenters. The molecule has 2 aliphatic heterocycles. The molecule has 7 nitrogen and oxygen atoms in total. The van der Waals surface area contributed by atoms with E-state index < -0.39 is 0 Å². The third-order valence-corrected chi connectivity index (χ3v) is 6.43. The van der Waals surface area contributed by atoms with Gasteiger partial charge in [-0.1, -0.05) is 12.1 Å². The van der Waals surface area contributed by atoms with Crippen LogP contribution in [0.15, 0.2) is 54.9 Å². The van der Waals surface area contributed by atoms with Crippen molar-refractivity contribution in [3.05, 3.63) is 77.6 Å². The zero-order chi connectivity index (χ0) is 23.5. The second-order valence-electron chi connectivity index (χ2n) is 8.67. The van der Waals surface area contributed by atoms with Gasteiger partial charge in [-0.05, 0) is 48.7 Å². The Labute approximate surface area is 198 Å². The third-order valence-electron chi connectivity index (χ3n) is 6.43. The van der Waals surface area contributed by atoms with Gasteiger partial charge in [-0.3, -0.25) is 4.79 Å². The lowest BCUT2D eigenvalue weighted by molar-refractivity contribution is -0.110. The minimum absolute atomic E-state index is 0.228. The number of amides is 1. The number of methoxy groups -OCH3 is 1. The van der Waals surface area contributed by atoms with Crippen molar-refractivity contribution in [2.75, 3.05) is 44.0 Å². The zero-order valence-electron chi connectivity index (χ0n) is 19.1. The van der Waals surface area contributed by atoms with Crippen LogP contribution in [0.5, 0.6) is 0 Å². The summed E-state index contributed by atoms with van der Waals surface area (Å²) in [6.07, 6.45) is 5.41. The van der Waals surface area contributed by atoms with E-state index in [9.17, 15) is 9.18 Å². The van der Waals surface area contributed by atoms with Crippen LogP contribution in [0.1, 0.15) is 29.8 Å². The molecular weight excluding hydrogens is 433 g/mol. The number of fused-ring (bicyclic) bond motifs is 1. The van der Waals surface area contributed by atoms with Gasteiger partial charge in [0.2, 0.25) is 0 Å². The highest BCUT2D eigenvalue weighted by atomic mass is 19.1. The molecular formula is C26H28FN5O2. The lowest BCUT2D eigenvalue weighted by Crippen LogP contribution is -2.40. The van der Waals surface area contributed by atoms with Gasteiger partial charge in [0, 0.05) is 67.7 Å². The van der Waals surface area contributed by atoms with Gasteiger partial charge >= 0.3 is 0 Å². The summed E-state index contributed by atoms with van der Waals surface area (Å²) >= 11 is 0. The quantitative estimate of drug-likeness (QED) is 0.464. The van der Waals surface area contributed by atoms with Crippen molar-refractivity contribution in [3.63, 3.8) is 0 Å². The van der Waals surface area contributed by atoms with Gasteiger partial charge in [-0.25, -0.2) is 9.37 Å². The number of anilines is 2. The third kappa shape index (κ3) is 4.60. The molecule has 5 rings (SSSR count). The largest absolute Gasteiger partial charge is 0.383 e. The molecule has 0 saturated carbocycles. The molecule has 1 saturated heterocycles. The van der Waals surface area contributed by atoms with E-state index in [1.807, 2.05) is 18.2 Å². The average Bonchev–Trinajstić information content (AvgIpc) is 3.48. The van der Waals surface area contributed by atoms with Crippen LogP contribution in [0.3, 0.4) is 0 Å². The summed E-state index contributed by atoms with van der Waals surface area (Å²) in [5.74, 6) is -0.0762. The molecule has 2 aliphatic rings. The van der Waals surface area contributed by atoms with Gasteiger partial charge in [0.05, 0.1) is 12.2 Å². The minimum atomic E-state index is -0.368. The topological polar surface area (TPSA) is 82.3 Å². The van der Waals surface area contributed by atoms with E-state index >= 15 is 0 Å². The Hall–Kier alpha value is -3.49. The zero-order valence-corrected chi connectivity index (χ0v) is 19.1. The van der Waals surface area contributed by atoms with Crippen LogP contribution < -0.4 is 10.6 Å². The standard InChI is InChI=1S/C26H28FN5O2/c1-34-14-13-32-11-7-19(8-12-32)30-20-5-6-22-21(16-20)24(26(33)31-22)23(25-28-9-10-29-25)17-3-2-4-18(27)15-17/h2-6,9-10,15-16,19,30H,7-8,11-14H2,1H3,(H,28,29)(H,31,33). The number of nitrogens with zero attached hydrogens (tertiary/aromatic N) is 2. The highest BCUT2D eigenvalue weighted by Crippen LogP contribution is 2.40.